The van der Waals surface area contributed by atoms with Crippen LogP contribution in [0.2, 0.25) is 0 Å². The lowest BCUT2D eigenvalue weighted by molar-refractivity contribution is 0.223. The van der Waals surface area contributed by atoms with Crippen LogP contribution in [-0.2, 0) is 6.42 Å². The molecule has 0 radical (unpaired) electrons. The molecule has 0 aliphatic carbocycles. The highest BCUT2D eigenvalue weighted by molar-refractivity contribution is 5.80. The minimum atomic E-state index is 0.658. The van der Waals surface area contributed by atoms with Gasteiger partial charge in [0.15, 0.2) is 5.96 Å². The van der Waals surface area contributed by atoms with Crippen molar-refractivity contribution in [3.8, 4) is 0 Å². The summed E-state index contributed by atoms with van der Waals surface area (Å²) in [5, 5.41) is 3.46. The maximum absolute atomic E-state index is 4.84. The zero-order valence-corrected chi connectivity index (χ0v) is 15.8. The lowest BCUT2D eigenvalue weighted by Crippen LogP contribution is -2.43. The molecule has 1 saturated heterocycles. The molecule has 1 fully saturated rings. The van der Waals surface area contributed by atoms with Crippen LogP contribution in [0, 0.1) is 6.92 Å². The first-order valence-electron chi connectivity index (χ1n) is 9.36. The van der Waals surface area contributed by atoms with E-state index in [0.717, 1.165) is 57.3 Å². The van der Waals surface area contributed by atoms with Crippen LogP contribution < -0.4 is 5.32 Å². The SMILES string of the molecule is CCNC(=NCCc1ccc(C)nc1)N1CCC(N(CC)CC)C1. The number of hydrogen-bond acceptors (Lipinski definition) is 3. The number of aryl methyl sites for hydroxylation is 1. The quantitative estimate of drug-likeness (QED) is 0.615. The Balaban J connectivity index is 1.92. The lowest BCUT2D eigenvalue weighted by atomic mass is 10.2. The molecule has 0 bridgehead atoms. The Hall–Kier alpha value is -1.62. The smallest absolute Gasteiger partial charge is 0.193 e. The number of aromatic nitrogens is 1. The van der Waals surface area contributed by atoms with E-state index in [9.17, 15) is 0 Å². The molecular weight excluding hydrogens is 298 g/mol. The van der Waals surface area contributed by atoms with Crippen molar-refractivity contribution in [3.05, 3.63) is 29.6 Å². The maximum atomic E-state index is 4.84. The van der Waals surface area contributed by atoms with Crippen LogP contribution in [-0.4, -0.2) is 66.1 Å². The van der Waals surface area contributed by atoms with Gasteiger partial charge in [-0.3, -0.25) is 14.9 Å². The average Bonchev–Trinajstić information content (AvgIpc) is 3.07. The number of likely N-dealkylation sites (tertiary alicyclic amines) is 1. The molecule has 5 heteroatoms. The van der Waals surface area contributed by atoms with Crippen molar-refractivity contribution >= 4 is 5.96 Å². The monoisotopic (exact) mass is 331 g/mol. The number of likely N-dealkylation sites (N-methyl/N-ethyl adjacent to an activating group) is 1. The lowest BCUT2D eigenvalue weighted by Gasteiger charge is -2.27. The molecule has 0 spiro atoms. The fourth-order valence-electron chi connectivity index (χ4n) is 3.34. The summed E-state index contributed by atoms with van der Waals surface area (Å²) in [5.41, 5.74) is 2.32. The maximum Gasteiger partial charge on any atom is 0.193 e. The first kappa shape index (κ1) is 18.7. The van der Waals surface area contributed by atoms with Crippen molar-refractivity contribution in [2.75, 3.05) is 39.3 Å². The Bertz CT molecular complexity index is 507. The predicted octanol–water partition coefficient (Wildman–Crippen LogP) is 2.31. The van der Waals surface area contributed by atoms with E-state index in [1.165, 1.54) is 12.0 Å². The number of guanidine groups is 1. The summed E-state index contributed by atoms with van der Waals surface area (Å²) in [6, 6.07) is 4.88. The Labute approximate surface area is 147 Å². The van der Waals surface area contributed by atoms with E-state index in [1.54, 1.807) is 0 Å². The van der Waals surface area contributed by atoms with Gasteiger partial charge in [-0.25, -0.2) is 0 Å². The number of rotatable bonds is 7. The zero-order valence-electron chi connectivity index (χ0n) is 15.8. The summed E-state index contributed by atoms with van der Waals surface area (Å²) >= 11 is 0. The molecule has 24 heavy (non-hydrogen) atoms. The topological polar surface area (TPSA) is 43.8 Å². The van der Waals surface area contributed by atoms with E-state index in [0.29, 0.717) is 6.04 Å². The van der Waals surface area contributed by atoms with Crippen molar-refractivity contribution in [1.82, 2.24) is 20.1 Å². The molecular formula is C19H33N5. The fraction of sp³-hybridized carbons (Fsp3) is 0.684. The van der Waals surface area contributed by atoms with Crippen LogP contribution in [0.1, 0.15) is 38.4 Å². The average molecular weight is 332 g/mol. The summed E-state index contributed by atoms with van der Waals surface area (Å²) in [5.74, 6) is 1.06. The van der Waals surface area contributed by atoms with E-state index >= 15 is 0 Å². The van der Waals surface area contributed by atoms with E-state index in [1.807, 2.05) is 13.1 Å². The Kier molecular flexibility index (Phi) is 7.50. The van der Waals surface area contributed by atoms with Crippen molar-refractivity contribution in [3.63, 3.8) is 0 Å². The van der Waals surface area contributed by atoms with Gasteiger partial charge in [0.25, 0.3) is 0 Å². The predicted molar refractivity (Wildman–Crippen MR) is 102 cm³/mol. The highest BCUT2D eigenvalue weighted by atomic mass is 15.3. The van der Waals surface area contributed by atoms with Crippen molar-refractivity contribution in [2.45, 2.75) is 46.6 Å². The van der Waals surface area contributed by atoms with E-state index in [-0.39, 0.29) is 0 Å². The van der Waals surface area contributed by atoms with Crippen LogP contribution in [0.4, 0.5) is 0 Å². The molecule has 1 aromatic rings. The molecule has 1 aromatic heterocycles. The van der Waals surface area contributed by atoms with E-state index in [4.69, 9.17) is 4.99 Å². The number of nitrogens with zero attached hydrogens (tertiary/aromatic N) is 4. The minimum absolute atomic E-state index is 0.658. The van der Waals surface area contributed by atoms with Gasteiger partial charge >= 0.3 is 0 Å². The molecule has 0 amide bonds. The van der Waals surface area contributed by atoms with Crippen LogP contribution >= 0.6 is 0 Å². The standard InChI is InChI=1S/C19H33N5/c1-5-20-19(21-12-10-17-9-8-16(4)22-14-17)24-13-11-18(15-24)23(6-2)7-3/h8-9,14,18H,5-7,10-13,15H2,1-4H3,(H,20,21). The van der Waals surface area contributed by atoms with Gasteiger partial charge in [0, 0.05) is 44.1 Å². The van der Waals surface area contributed by atoms with Gasteiger partial charge in [0.2, 0.25) is 0 Å². The normalized spacial score (nSPS) is 18.5. The van der Waals surface area contributed by atoms with Gasteiger partial charge in [-0.15, -0.1) is 0 Å². The summed E-state index contributed by atoms with van der Waals surface area (Å²) in [6.45, 7) is 14.8. The second-order valence-electron chi connectivity index (χ2n) is 6.40. The molecule has 1 unspecified atom stereocenters. The van der Waals surface area contributed by atoms with Gasteiger partial charge in [0.1, 0.15) is 0 Å². The first-order chi connectivity index (χ1) is 11.7. The largest absolute Gasteiger partial charge is 0.357 e. The molecule has 1 aliphatic heterocycles. The third kappa shape index (κ3) is 5.20. The Morgan fingerprint density at radius 2 is 2.12 bits per heavy atom. The molecule has 1 N–H and O–H groups in total. The highest BCUT2D eigenvalue weighted by Gasteiger charge is 2.27. The summed E-state index contributed by atoms with van der Waals surface area (Å²) < 4.78 is 0. The van der Waals surface area contributed by atoms with Gasteiger partial charge < -0.3 is 10.2 Å². The van der Waals surface area contributed by atoms with Crippen LogP contribution in [0.3, 0.4) is 0 Å². The molecule has 2 heterocycles. The Morgan fingerprint density at radius 1 is 1.33 bits per heavy atom. The summed E-state index contributed by atoms with van der Waals surface area (Å²) in [6.07, 6.45) is 4.13. The van der Waals surface area contributed by atoms with Crippen LogP contribution in [0.15, 0.2) is 23.3 Å². The Morgan fingerprint density at radius 3 is 2.75 bits per heavy atom. The molecule has 2 rings (SSSR count). The number of hydrogen-bond donors (Lipinski definition) is 1. The van der Waals surface area contributed by atoms with Gasteiger partial charge in [-0.1, -0.05) is 19.9 Å². The molecule has 0 saturated carbocycles. The van der Waals surface area contributed by atoms with Gasteiger partial charge in [-0.2, -0.15) is 0 Å². The zero-order chi connectivity index (χ0) is 17.4. The summed E-state index contributed by atoms with van der Waals surface area (Å²) in [7, 11) is 0. The molecule has 1 aliphatic rings. The fourth-order valence-corrected chi connectivity index (χ4v) is 3.34. The first-order valence-corrected chi connectivity index (χ1v) is 9.36. The second kappa shape index (κ2) is 9.62. The second-order valence-corrected chi connectivity index (χ2v) is 6.40. The third-order valence-corrected chi connectivity index (χ3v) is 4.76. The number of nitrogens with one attached hydrogen (secondary N) is 1. The minimum Gasteiger partial charge on any atom is -0.357 e. The third-order valence-electron chi connectivity index (χ3n) is 4.76. The highest BCUT2D eigenvalue weighted by Crippen LogP contribution is 2.15. The van der Waals surface area contributed by atoms with Crippen molar-refractivity contribution in [2.24, 2.45) is 4.99 Å². The molecule has 5 nitrogen and oxygen atoms in total. The molecule has 134 valence electrons. The van der Waals surface area contributed by atoms with Gasteiger partial charge in [-0.05, 0) is 51.4 Å². The van der Waals surface area contributed by atoms with Crippen LogP contribution in [0.25, 0.3) is 0 Å². The van der Waals surface area contributed by atoms with Crippen molar-refractivity contribution in [1.29, 1.82) is 0 Å². The number of pyridine rings is 1. The summed E-state index contributed by atoms with van der Waals surface area (Å²) in [4.78, 5) is 14.2. The molecule has 1 atom stereocenters. The number of aliphatic imine (C=N–C) groups is 1. The van der Waals surface area contributed by atoms with Gasteiger partial charge in [0.05, 0.1) is 0 Å². The van der Waals surface area contributed by atoms with Crippen LogP contribution in [0.5, 0.6) is 0 Å². The molecule has 0 aromatic carbocycles. The van der Waals surface area contributed by atoms with Crippen molar-refractivity contribution < 1.29 is 0 Å². The van der Waals surface area contributed by atoms with E-state index < -0.39 is 0 Å². The van der Waals surface area contributed by atoms with E-state index in [2.05, 4.69) is 53.0 Å².